The Bertz CT molecular complexity index is 384. The van der Waals surface area contributed by atoms with Crippen LogP contribution in [0.2, 0.25) is 0 Å². The van der Waals surface area contributed by atoms with Crippen molar-refractivity contribution < 1.29 is 10.2 Å². The number of aliphatic hydroxyl groups excluding tert-OH is 2. The first kappa shape index (κ1) is 18.6. The van der Waals surface area contributed by atoms with E-state index in [2.05, 4.69) is 51.3 Å². The van der Waals surface area contributed by atoms with Crippen LogP contribution in [0.1, 0.15) is 31.4 Å². The van der Waals surface area contributed by atoms with Crippen molar-refractivity contribution in [3.8, 4) is 0 Å². The van der Waals surface area contributed by atoms with Crippen molar-refractivity contribution in [2.45, 2.75) is 25.8 Å². The second kappa shape index (κ2) is 11.2. The molecule has 5 heteroatoms. The van der Waals surface area contributed by atoms with Crippen LogP contribution in [0.15, 0.2) is 28.7 Å². The zero-order valence-corrected chi connectivity index (χ0v) is 14.3. The molecule has 1 unspecified atom stereocenters. The first-order chi connectivity index (χ1) is 10.2. The molecule has 120 valence electrons. The van der Waals surface area contributed by atoms with Crippen molar-refractivity contribution in [2.24, 2.45) is 0 Å². The lowest BCUT2D eigenvalue weighted by atomic mass is 10.0. The van der Waals surface area contributed by atoms with Gasteiger partial charge in [-0.15, -0.1) is 0 Å². The van der Waals surface area contributed by atoms with Gasteiger partial charge in [-0.2, -0.15) is 0 Å². The second-order valence-corrected chi connectivity index (χ2v) is 5.96. The molecule has 0 bridgehead atoms. The zero-order chi connectivity index (χ0) is 15.5. The molecule has 1 atom stereocenters. The van der Waals surface area contributed by atoms with E-state index in [1.165, 1.54) is 5.56 Å². The molecule has 0 aliphatic carbocycles. The van der Waals surface area contributed by atoms with Crippen molar-refractivity contribution in [1.82, 2.24) is 10.2 Å². The van der Waals surface area contributed by atoms with E-state index in [0.717, 1.165) is 30.4 Å². The summed E-state index contributed by atoms with van der Waals surface area (Å²) in [5.41, 5.74) is 1.26. The average molecular weight is 359 g/mol. The number of halogens is 1. The molecule has 1 rings (SSSR count). The predicted molar refractivity (Wildman–Crippen MR) is 90.4 cm³/mol. The van der Waals surface area contributed by atoms with E-state index < -0.39 is 0 Å². The molecule has 1 aromatic rings. The highest BCUT2D eigenvalue weighted by Gasteiger charge is 2.15. The van der Waals surface area contributed by atoms with Gasteiger partial charge in [0.1, 0.15) is 0 Å². The summed E-state index contributed by atoms with van der Waals surface area (Å²) in [7, 11) is 0. The molecular weight excluding hydrogens is 332 g/mol. The third kappa shape index (κ3) is 6.89. The summed E-state index contributed by atoms with van der Waals surface area (Å²) in [6.07, 6.45) is 2.04. The largest absolute Gasteiger partial charge is 0.395 e. The van der Waals surface area contributed by atoms with Crippen molar-refractivity contribution in [2.75, 3.05) is 39.4 Å². The summed E-state index contributed by atoms with van der Waals surface area (Å²) in [5, 5.41) is 21.8. The highest BCUT2D eigenvalue weighted by molar-refractivity contribution is 9.10. The number of rotatable bonds is 11. The molecule has 0 saturated heterocycles. The predicted octanol–water partition coefficient (Wildman–Crippen LogP) is 2.17. The summed E-state index contributed by atoms with van der Waals surface area (Å²) in [6, 6.07) is 8.56. The van der Waals surface area contributed by atoms with Crippen molar-refractivity contribution in [1.29, 1.82) is 0 Å². The monoisotopic (exact) mass is 358 g/mol. The van der Waals surface area contributed by atoms with Crippen LogP contribution in [0.5, 0.6) is 0 Å². The fourth-order valence-electron chi connectivity index (χ4n) is 2.37. The fourth-order valence-corrected chi connectivity index (χ4v) is 2.93. The van der Waals surface area contributed by atoms with E-state index in [-0.39, 0.29) is 19.3 Å². The highest BCUT2D eigenvalue weighted by atomic mass is 79.9. The summed E-state index contributed by atoms with van der Waals surface area (Å²) in [5.74, 6) is 0. The standard InChI is InChI=1S/C16H27BrN2O2/c1-2-8-18-16(14-5-3-4-6-15(14)17)7-9-19(10-12-20)11-13-21/h3-6,16,18,20-21H,2,7-13H2,1H3. The van der Waals surface area contributed by atoms with Gasteiger partial charge >= 0.3 is 0 Å². The number of hydrogen-bond acceptors (Lipinski definition) is 4. The van der Waals surface area contributed by atoms with Crippen LogP contribution in [0.25, 0.3) is 0 Å². The number of hydrogen-bond donors (Lipinski definition) is 3. The minimum absolute atomic E-state index is 0.127. The molecular formula is C16H27BrN2O2. The Morgan fingerprint density at radius 1 is 1.14 bits per heavy atom. The second-order valence-electron chi connectivity index (χ2n) is 5.11. The molecule has 0 aliphatic heterocycles. The van der Waals surface area contributed by atoms with E-state index in [1.807, 2.05) is 6.07 Å². The van der Waals surface area contributed by atoms with Crippen LogP contribution in [0.4, 0.5) is 0 Å². The van der Waals surface area contributed by atoms with Crippen molar-refractivity contribution >= 4 is 15.9 Å². The molecule has 0 amide bonds. The zero-order valence-electron chi connectivity index (χ0n) is 12.8. The maximum atomic E-state index is 9.08. The lowest BCUT2D eigenvalue weighted by molar-refractivity contribution is 0.156. The molecule has 0 aliphatic rings. The SMILES string of the molecule is CCCNC(CCN(CCO)CCO)c1ccccc1Br. The molecule has 0 radical (unpaired) electrons. The maximum absolute atomic E-state index is 9.08. The van der Waals surface area contributed by atoms with Gasteiger partial charge in [-0.25, -0.2) is 0 Å². The minimum Gasteiger partial charge on any atom is -0.395 e. The first-order valence-corrected chi connectivity index (χ1v) is 8.44. The van der Waals surface area contributed by atoms with Crippen LogP contribution in [0, 0.1) is 0 Å². The van der Waals surface area contributed by atoms with Gasteiger partial charge in [0.2, 0.25) is 0 Å². The average Bonchev–Trinajstić information content (AvgIpc) is 2.49. The molecule has 4 nitrogen and oxygen atoms in total. The number of benzene rings is 1. The Morgan fingerprint density at radius 2 is 1.81 bits per heavy atom. The summed E-state index contributed by atoms with van der Waals surface area (Å²) in [4.78, 5) is 2.09. The van der Waals surface area contributed by atoms with Crippen LogP contribution in [-0.4, -0.2) is 54.5 Å². The smallest absolute Gasteiger partial charge is 0.0558 e. The highest BCUT2D eigenvalue weighted by Crippen LogP contribution is 2.25. The van der Waals surface area contributed by atoms with E-state index in [9.17, 15) is 0 Å². The maximum Gasteiger partial charge on any atom is 0.0558 e. The van der Waals surface area contributed by atoms with Gasteiger partial charge in [0, 0.05) is 30.1 Å². The van der Waals surface area contributed by atoms with Gasteiger partial charge in [-0.05, 0) is 31.0 Å². The van der Waals surface area contributed by atoms with Gasteiger partial charge in [-0.1, -0.05) is 41.1 Å². The Morgan fingerprint density at radius 3 is 2.38 bits per heavy atom. The molecule has 1 aromatic carbocycles. The van der Waals surface area contributed by atoms with Gasteiger partial charge in [-0.3, -0.25) is 4.90 Å². The quantitative estimate of drug-likeness (QED) is 0.567. The lowest BCUT2D eigenvalue weighted by Crippen LogP contribution is -2.34. The van der Waals surface area contributed by atoms with E-state index >= 15 is 0 Å². The molecule has 0 aromatic heterocycles. The Kier molecular flexibility index (Phi) is 9.87. The third-order valence-electron chi connectivity index (χ3n) is 3.49. The van der Waals surface area contributed by atoms with Gasteiger partial charge in [0.25, 0.3) is 0 Å². The Balaban J connectivity index is 2.67. The third-order valence-corrected chi connectivity index (χ3v) is 4.21. The number of nitrogens with one attached hydrogen (secondary N) is 1. The van der Waals surface area contributed by atoms with Crippen LogP contribution in [-0.2, 0) is 0 Å². The number of nitrogens with zero attached hydrogens (tertiary/aromatic N) is 1. The molecule has 21 heavy (non-hydrogen) atoms. The van der Waals surface area contributed by atoms with Gasteiger partial charge in [0.05, 0.1) is 13.2 Å². The van der Waals surface area contributed by atoms with E-state index in [0.29, 0.717) is 13.1 Å². The van der Waals surface area contributed by atoms with E-state index in [4.69, 9.17) is 10.2 Å². The lowest BCUT2D eigenvalue weighted by Gasteiger charge is -2.25. The van der Waals surface area contributed by atoms with Crippen LogP contribution >= 0.6 is 15.9 Å². The summed E-state index contributed by atoms with van der Waals surface area (Å²) in [6.45, 7) is 5.46. The molecule has 0 fully saturated rings. The topological polar surface area (TPSA) is 55.7 Å². The van der Waals surface area contributed by atoms with Crippen molar-refractivity contribution in [3.63, 3.8) is 0 Å². The molecule has 0 spiro atoms. The molecule has 0 saturated carbocycles. The molecule has 0 heterocycles. The summed E-state index contributed by atoms with van der Waals surface area (Å²) < 4.78 is 1.12. The van der Waals surface area contributed by atoms with Crippen molar-refractivity contribution in [3.05, 3.63) is 34.3 Å². The van der Waals surface area contributed by atoms with Crippen LogP contribution < -0.4 is 5.32 Å². The van der Waals surface area contributed by atoms with Gasteiger partial charge < -0.3 is 15.5 Å². The van der Waals surface area contributed by atoms with E-state index in [1.54, 1.807) is 0 Å². The fraction of sp³-hybridized carbons (Fsp3) is 0.625. The van der Waals surface area contributed by atoms with Gasteiger partial charge in [0.15, 0.2) is 0 Å². The number of aliphatic hydroxyl groups is 2. The first-order valence-electron chi connectivity index (χ1n) is 7.64. The minimum atomic E-state index is 0.127. The Labute approximate surface area is 136 Å². The summed E-state index contributed by atoms with van der Waals surface area (Å²) >= 11 is 3.62. The Hall–Kier alpha value is -0.460. The van der Waals surface area contributed by atoms with Crippen LogP contribution in [0.3, 0.4) is 0 Å². The normalized spacial score (nSPS) is 12.8. The molecule has 3 N–H and O–H groups in total.